The molecule has 2 amide bonds. The van der Waals surface area contributed by atoms with Crippen LogP contribution in [0.5, 0.6) is 0 Å². The van der Waals surface area contributed by atoms with Gasteiger partial charge in [0.25, 0.3) is 17.8 Å². The van der Waals surface area contributed by atoms with Crippen molar-refractivity contribution in [2.45, 2.75) is 18.0 Å². The molecule has 0 saturated carbocycles. The van der Waals surface area contributed by atoms with E-state index in [1.165, 1.54) is 23.8 Å². The molecule has 1 saturated heterocycles. The van der Waals surface area contributed by atoms with Crippen molar-refractivity contribution in [2.24, 2.45) is 5.16 Å². The van der Waals surface area contributed by atoms with Crippen LogP contribution in [0, 0.1) is 0 Å². The highest BCUT2D eigenvalue weighted by atomic mass is 32.2. The van der Waals surface area contributed by atoms with Gasteiger partial charge in [-0.15, -0.1) is 23.1 Å². The van der Waals surface area contributed by atoms with Crippen molar-refractivity contribution in [3.8, 4) is 0 Å². The Hall–Kier alpha value is -3.91. The number of hydrogen-bond donors (Lipinski definition) is 2. The summed E-state index contributed by atoms with van der Waals surface area (Å²) in [5, 5.41) is 19.7. The third-order valence-electron chi connectivity index (χ3n) is 5.55. The molecule has 2 atom stereocenters. The number of nitrogens with two attached hydrogens (primary N) is 1. The van der Waals surface area contributed by atoms with E-state index in [1.54, 1.807) is 11.3 Å². The van der Waals surface area contributed by atoms with Crippen LogP contribution in [0.25, 0.3) is 10.2 Å². The molecule has 1 fully saturated rings. The Morgan fingerprint density at radius 3 is 3.00 bits per heavy atom. The summed E-state index contributed by atoms with van der Waals surface area (Å²) in [5.74, 6) is -2.41. The molecule has 35 heavy (non-hydrogen) atoms. The first kappa shape index (κ1) is 22.9. The van der Waals surface area contributed by atoms with Gasteiger partial charge in [0.2, 0.25) is 5.52 Å². The third-order valence-corrected chi connectivity index (χ3v) is 7.76. The molecular formula is C21H18N6O6S2. The number of rotatable bonds is 7. The highest BCUT2D eigenvalue weighted by Gasteiger charge is 2.53. The first-order chi connectivity index (χ1) is 16.9. The Balaban J connectivity index is 1.38. The molecule has 0 aliphatic carbocycles. The molecule has 2 aliphatic rings. The first-order valence-corrected chi connectivity index (χ1v) is 12.2. The molecule has 0 spiro atoms. The van der Waals surface area contributed by atoms with E-state index < -0.39 is 29.2 Å². The molecule has 3 aromatic rings. The number of carbonyl (C=O) groups excluding carboxylic acids is 3. The van der Waals surface area contributed by atoms with E-state index >= 15 is 0 Å². The molecule has 0 radical (unpaired) electrons. The molecule has 3 aromatic heterocycles. The summed E-state index contributed by atoms with van der Waals surface area (Å²) in [6.07, 6.45) is 2.99. The number of anilines is 1. The number of oxazole rings is 1. The minimum Gasteiger partial charge on any atom is -0.543 e. The maximum atomic E-state index is 13.0. The van der Waals surface area contributed by atoms with Gasteiger partial charge in [-0.1, -0.05) is 5.16 Å². The number of hydrogen-bond acceptors (Lipinski definition) is 11. The fourth-order valence-electron chi connectivity index (χ4n) is 4.03. The van der Waals surface area contributed by atoms with E-state index in [0.717, 1.165) is 16.5 Å². The van der Waals surface area contributed by atoms with E-state index in [0.29, 0.717) is 11.3 Å². The Kier molecular flexibility index (Phi) is 5.90. The summed E-state index contributed by atoms with van der Waals surface area (Å²) < 4.78 is 7.91. The number of fused-ring (bicyclic) bond motifs is 2. The van der Waals surface area contributed by atoms with Gasteiger partial charge in [0, 0.05) is 23.5 Å². The van der Waals surface area contributed by atoms with E-state index in [9.17, 15) is 19.5 Å². The number of thioether (sulfide) groups is 1. The fraction of sp³-hybridized carbons (Fsp3) is 0.238. The van der Waals surface area contributed by atoms with Crippen LogP contribution in [-0.2, 0) is 25.8 Å². The first-order valence-electron chi connectivity index (χ1n) is 10.3. The zero-order valence-electron chi connectivity index (χ0n) is 18.2. The Morgan fingerprint density at radius 1 is 1.46 bits per heavy atom. The zero-order chi connectivity index (χ0) is 24.7. The average molecular weight is 515 g/mol. The number of amides is 2. The van der Waals surface area contributed by atoms with E-state index in [2.05, 4.69) is 15.5 Å². The number of nitrogen functional groups attached to an aromatic ring is 1. The quantitative estimate of drug-likeness (QED) is 0.178. The van der Waals surface area contributed by atoms with Crippen molar-refractivity contribution in [3.05, 3.63) is 53.0 Å². The number of thiophene rings is 1. The number of pyridine rings is 1. The van der Waals surface area contributed by atoms with Crippen LogP contribution in [0.1, 0.15) is 5.69 Å². The minimum absolute atomic E-state index is 0.0269. The normalized spacial score (nSPS) is 20.0. The monoisotopic (exact) mass is 514 g/mol. The van der Waals surface area contributed by atoms with Crippen molar-refractivity contribution in [1.82, 2.24) is 15.2 Å². The zero-order valence-corrected chi connectivity index (χ0v) is 19.8. The van der Waals surface area contributed by atoms with Crippen LogP contribution in [0.15, 0.2) is 56.9 Å². The molecule has 180 valence electrons. The van der Waals surface area contributed by atoms with Crippen LogP contribution in [0.2, 0.25) is 0 Å². The van der Waals surface area contributed by atoms with Crippen molar-refractivity contribution in [2.75, 3.05) is 18.6 Å². The molecule has 0 aromatic carbocycles. The average Bonchev–Trinajstić information content (AvgIpc) is 3.49. The highest BCUT2D eigenvalue weighted by Crippen LogP contribution is 2.40. The number of aliphatic carboxylic acids is 1. The number of carboxylic acid groups (broad SMARTS) is 1. The van der Waals surface area contributed by atoms with Gasteiger partial charge in [-0.05, 0) is 11.4 Å². The van der Waals surface area contributed by atoms with Crippen LogP contribution in [0.3, 0.4) is 0 Å². The summed E-state index contributed by atoms with van der Waals surface area (Å²) in [7, 11) is 1.25. The van der Waals surface area contributed by atoms with Crippen molar-refractivity contribution in [1.29, 1.82) is 0 Å². The van der Waals surface area contributed by atoms with Gasteiger partial charge < -0.3 is 30.2 Å². The maximum absolute atomic E-state index is 13.0. The van der Waals surface area contributed by atoms with E-state index in [1.807, 2.05) is 34.3 Å². The standard InChI is InChI=1S/C21H18N6O6S2/c1-32-25-14(11-8-33-21(22)23-11)17(28)24-15-18(29)27-16(20(30)31)10(9-35-19(15)27)7-26-5-2-3-13-12(26)4-6-34-13/h2-6,8,15,19H,7,9H2,1H3,(H3-,22,23,24,28,30,31)/b25-14-/t15?,19-/m1/s1. The summed E-state index contributed by atoms with van der Waals surface area (Å²) in [6, 6.07) is 4.69. The molecule has 14 heteroatoms. The predicted molar refractivity (Wildman–Crippen MR) is 124 cm³/mol. The number of oxime groups is 1. The second-order valence-corrected chi connectivity index (χ2v) is 9.65. The topological polar surface area (TPSA) is 167 Å². The second kappa shape index (κ2) is 9.03. The van der Waals surface area contributed by atoms with Crippen LogP contribution < -0.4 is 20.7 Å². The Bertz CT molecular complexity index is 1410. The Morgan fingerprint density at radius 2 is 2.29 bits per heavy atom. The summed E-state index contributed by atoms with van der Waals surface area (Å²) in [6.45, 7) is 0.288. The number of β-lactam (4-membered cyclic amide) rings is 1. The molecule has 5 rings (SSSR count). The smallest absolute Gasteiger partial charge is 0.292 e. The molecule has 0 bridgehead atoms. The molecule has 3 N–H and O–H groups in total. The van der Waals surface area contributed by atoms with Gasteiger partial charge in [-0.25, -0.2) is 0 Å². The highest BCUT2D eigenvalue weighted by molar-refractivity contribution is 8.00. The maximum Gasteiger partial charge on any atom is 0.292 e. The second-order valence-electron chi connectivity index (χ2n) is 7.60. The SMILES string of the molecule is CO/N=C(\C(=O)NC1C(=O)N2C(C(=O)[O-])=C(C[n+]3cccc4sccc43)CS[C@H]12)c1coc(N)n1. The van der Waals surface area contributed by atoms with Gasteiger partial charge >= 0.3 is 0 Å². The molecular weight excluding hydrogens is 496 g/mol. The predicted octanol–water partition coefficient (Wildman–Crippen LogP) is -0.786. The summed E-state index contributed by atoms with van der Waals surface area (Å²) in [5.41, 5.74) is 6.59. The van der Waals surface area contributed by atoms with E-state index in [4.69, 9.17) is 15.0 Å². The van der Waals surface area contributed by atoms with Crippen molar-refractivity contribution in [3.63, 3.8) is 0 Å². The molecule has 12 nitrogen and oxygen atoms in total. The molecule has 2 aliphatic heterocycles. The number of nitrogens with one attached hydrogen (secondary N) is 1. The lowest BCUT2D eigenvalue weighted by atomic mass is 10.0. The van der Waals surface area contributed by atoms with Crippen molar-refractivity contribution < 1.29 is 33.3 Å². The van der Waals surface area contributed by atoms with Gasteiger partial charge in [0.15, 0.2) is 18.5 Å². The van der Waals surface area contributed by atoms with Gasteiger partial charge in [-0.3, -0.25) is 14.5 Å². The van der Waals surface area contributed by atoms with Gasteiger partial charge in [-0.2, -0.15) is 9.55 Å². The lowest BCUT2D eigenvalue weighted by molar-refractivity contribution is -0.663. The van der Waals surface area contributed by atoms with Crippen molar-refractivity contribution >= 4 is 62.8 Å². The number of carboxylic acids is 1. The van der Waals surface area contributed by atoms with Gasteiger partial charge in [0.05, 0.1) is 16.4 Å². The Labute approximate surface area is 206 Å². The van der Waals surface area contributed by atoms with E-state index in [-0.39, 0.29) is 29.7 Å². The number of carbonyl (C=O) groups is 3. The molecule has 5 heterocycles. The van der Waals surface area contributed by atoms with Crippen LogP contribution in [0.4, 0.5) is 6.01 Å². The lowest BCUT2D eigenvalue weighted by Crippen LogP contribution is -2.71. The summed E-state index contributed by atoms with van der Waals surface area (Å²) in [4.78, 5) is 47.6. The fourth-order valence-corrected chi connectivity index (χ4v) is 6.17. The van der Waals surface area contributed by atoms with Gasteiger partial charge in [0.1, 0.15) is 30.5 Å². The third kappa shape index (κ3) is 4.00. The van der Waals surface area contributed by atoms with Crippen LogP contribution in [-0.4, -0.2) is 57.7 Å². The summed E-state index contributed by atoms with van der Waals surface area (Å²) >= 11 is 2.94. The lowest BCUT2D eigenvalue weighted by Gasteiger charge is -2.50. The number of nitrogens with zero attached hydrogens (tertiary/aromatic N) is 4. The number of aromatic nitrogens is 2. The van der Waals surface area contributed by atoms with Crippen LogP contribution >= 0.6 is 23.1 Å². The largest absolute Gasteiger partial charge is 0.543 e. The minimum atomic E-state index is -1.44. The molecule has 1 unspecified atom stereocenters.